The molecule has 0 unspecified atom stereocenters. The average molecular weight is 441 g/mol. The highest BCUT2D eigenvalue weighted by Gasteiger charge is 2.22. The zero-order valence-electron chi connectivity index (χ0n) is 15.9. The van der Waals surface area contributed by atoms with Crippen LogP contribution in [0.5, 0.6) is 5.75 Å². The standard InChI is InChI=1S/C20H29BrN2O2S/c1-14(2)11-12-25-18-10-9-15(21)13-17(18)19(24)22-20(26)23(3)16-7-5-4-6-8-16/h9-10,13-14,16H,4-8,11-12H2,1-3H3,(H,22,24,26). The van der Waals surface area contributed by atoms with Gasteiger partial charge in [-0.3, -0.25) is 10.1 Å². The van der Waals surface area contributed by atoms with Crippen LogP contribution < -0.4 is 10.1 Å². The molecule has 1 aliphatic carbocycles. The van der Waals surface area contributed by atoms with Crippen LogP contribution in [0.4, 0.5) is 0 Å². The molecule has 1 aliphatic rings. The Hall–Kier alpha value is -1.14. The van der Waals surface area contributed by atoms with Gasteiger partial charge in [0, 0.05) is 17.6 Å². The van der Waals surface area contributed by atoms with Gasteiger partial charge in [0.1, 0.15) is 5.75 Å². The van der Waals surface area contributed by atoms with E-state index in [9.17, 15) is 4.79 Å². The summed E-state index contributed by atoms with van der Waals surface area (Å²) >= 11 is 8.91. The van der Waals surface area contributed by atoms with E-state index >= 15 is 0 Å². The zero-order valence-corrected chi connectivity index (χ0v) is 18.3. The van der Waals surface area contributed by atoms with E-state index in [1.54, 1.807) is 6.07 Å². The molecule has 0 bridgehead atoms. The highest BCUT2D eigenvalue weighted by molar-refractivity contribution is 9.10. The minimum Gasteiger partial charge on any atom is -0.493 e. The Morgan fingerprint density at radius 3 is 2.69 bits per heavy atom. The first-order valence-electron chi connectivity index (χ1n) is 9.39. The van der Waals surface area contributed by atoms with Gasteiger partial charge in [-0.05, 0) is 55.6 Å². The molecule has 1 saturated carbocycles. The van der Waals surface area contributed by atoms with Crippen LogP contribution in [0, 0.1) is 5.92 Å². The van der Waals surface area contributed by atoms with Crippen LogP contribution in [0.2, 0.25) is 0 Å². The molecule has 144 valence electrons. The lowest BCUT2D eigenvalue weighted by atomic mass is 9.95. The molecule has 1 N–H and O–H groups in total. The molecule has 2 rings (SSSR count). The van der Waals surface area contributed by atoms with Gasteiger partial charge >= 0.3 is 0 Å². The second-order valence-corrected chi connectivity index (χ2v) is 8.64. The first kappa shape index (κ1) is 21.2. The van der Waals surface area contributed by atoms with Gasteiger partial charge in [-0.25, -0.2) is 0 Å². The second kappa shape index (κ2) is 10.3. The summed E-state index contributed by atoms with van der Waals surface area (Å²) in [6.45, 7) is 4.89. The van der Waals surface area contributed by atoms with Gasteiger partial charge in [-0.15, -0.1) is 0 Å². The van der Waals surface area contributed by atoms with Crippen molar-refractivity contribution in [1.29, 1.82) is 0 Å². The lowest BCUT2D eigenvalue weighted by molar-refractivity contribution is 0.0967. The highest BCUT2D eigenvalue weighted by atomic mass is 79.9. The zero-order chi connectivity index (χ0) is 19.1. The number of carbonyl (C=O) groups is 1. The fourth-order valence-corrected chi connectivity index (χ4v) is 3.70. The maximum atomic E-state index is 12.8. The van der Waals surface area contributed by atoms with E-state index in [0.29, 0.717) is 35.0 Å². The Morgan fingerprint density at radius 1 is 1.35 bits per heavy atom. The number of carbonyl (C=O) groups excluding carboxylic acids is 1. The summed E-state index contributed by atoms with van der Waals surface area (Å²) in [6, 6.07) is 5.91. The molecule has 0 aliphatic heterocycles. The Kier molecular flexibility index (Phi) is 8.35. The molecular formula is C20H29BrN2O2S. The van der Waals surface area contributed by atoms with Crippen LogP contribution in [0.3, 0.4) is 0 Å². The summed E-state index contributed by atoms with van der Waals surface area (Å²) < 4.78 is 6.68. The molecule has 1 aromatic rings. The Morgan fingerprint density at radius 2 is 2.04 bits per heavy atom. The molecule has 1 aromatic carbocycles. The Bertz CT molecular complexity index is 630. The van der Waals surface area contributed by atoms with Gasteiger partial charge in [0.15, 0.2) is 5.11 Å². The Labute approximate surface area is 170 Å². The summed E-state index contributed by atoms with van der Waals surface area (Å²) in [5.41, 5.74) is 0.502. The van der Waals surface area contributed by atoms with Crippen molar-refractivity contribution < 1.29 is 9.53 Å². The molecular weight excluding hydrogens is 412 g/mol. The van der Waals surface area contributed by atoms with E-state index in [2.05, 4.69) is 35.1 Å². The predicted octanol–water partition coefficient (Wildman–Crippen LogP) is 5.15. The molecule has 1 fully saturated rings. The number of benzene rings is 1. The molecule has 0 heterocycles. The maximum Gasteiger partial charge on any atom is 0.261 e. The van der Waals surface area contributed by atoms with Crippen molar-refractivity contribution in [3.05, 3.63) is 28.2 Å². The third kappa shape index (κ3) is 6.23. The third-order valence-electron chi connectivity index (χ3n) is 4.80. The van der Waals surface area contributed by atoms with Crippen LogP contribution in [0.15, 0.2) is 22.7 Å². The quantitative estimate of drug-likeness (QED) is 0.620. The van der Waals surface area contributed by atoms with Gasteiger partial charge < -0.3 is 9.64 Å². The van der Waals surface area contributed by atoms with Crippen molar-refractivity contribution in [1.82, 2.24) is 10.2 Å². The van der Waals surface area contributed by atoms with E-state index in [0.717, 1.165) is 23.7 Å². The molecule has 6 heteroatoms. The minimum absolute atomic E-state index is 0.224. The highest BCUT2D eigenvalue weighted by Crippen LogP contribution is 2.25. The molecule has 0 aromatic heterocycles. The topological polar surface area (TPSA) is 41.6 Å². The normalized spacial score (nSPS) is 15.0. The fraction of sp³-hybridized carbons (Fsp3) is 0.600. The van der Waals surface area contributed by atoms with Crippen LogP contribution in [-0.4, -0.2) is 35.6 Å². The van der Waals surface area contributed by atoms with Crippen molar-refractivity contribution in [2.24, 2.45) is 5.92 Å². The van der Waals surface area contributed by atoms with Crippen molar-refractivity contribution >= 4 is 39.2 Å². The van der Waals surface area contributed by atoms with E-state index in [1.807, 2.05) is 24.1 Å². The van der Waals surface area contributed by atoms with E-state index < -0.39 is 0 Å². The van der Waals surface area contributed by atoms with Crippen molar-refractivity contribution in [3.63, 3.8) is 0 Å². The second-order valence-electron chi connectivity index (χ2n) is 7.33. The molecule has 1 amide bonds. The van der Waals surface area contributed by atoms with Gasteiger partial charge in [0.05, 0.1) is 12.2 Å². The lowest BCUT2D eigenvalue weighted by Crippen LogP contribution is -2.46. The molecule has 0 spiro atoms. The summed E-state index contributed by atoms with van der Waals surface area (Å²) in [7, 11) is 1.97. The number of nitrogens with one attached hydrogen (secondary N) is 1. The predicted molar refractivity (Wildman–Crippen MR) is 114 cm³/mol. The number of ether oxygens (including phenoxy) is 1. The van der Waals surface area contributed by atoms with Gasteiger partial charge in [-0.1, -0.05) is 49.0 Å². The third-order valence-corrected chi connectivity index (χ3v) is 5.69. The van der Waals surface area contributed by atoms with Crippen LogP contribution >= 0.6 is 28.1 Å². The van der Waals surface area contributed by atoms with Crippen molar-refractivity contribution in [2.75, 3.05) is 13.7 Å². The van der Waals surface area contributed by atoms with E-state index in [-0.39, 0.29) is 5.91 Å². The SMILES string of the molecule is CC(C)CCOc1ccc(Br)cc1C(=O)NC(=S)N(C)C1CCCCC1. The molecule has 26 heavy (non-hydrogen) atoms. The fourth-order valence-electron chi connectivity index (χ4n) is 3.10. The summed E-state index contributed by atoms with van der Waals surface area (Å²) in [5.74, 6) is 0.924. The summed E-state index contributed by atoms with van der Waals surface area (Å²) in [4.78, 5) is 14.8. The average Bonchev–Trinajstić information content (AvgIpc) is 2.62. The van der Waals surface area contributed by atoms with E-state index in [1.165, 1.54) is 19.3 Å². The Balaban J connectivity index is 2.02. The summed E-state index contributed by atoms with van der Waals surface area (Å²) in [6.07, 6.45) is 6.95. The number of thiocarbonyl (C=S) groups is 1. The smallest absolute Gasteiger partial charge is 0.261 e. The maximum absolute atomic E-state index is 12.8. The van der Waals surface area contributed by atoms with Crippen LogP contribution in [-0.2, 0) is 0 Å². The van der Waals surface area contributed by atoms with Crippen LogP contribution in [0.1, 0.15) is 62.7 Å². The number of hydrogen-bond donors (Lipinski definition) is 1. The number of nitrogens with zero attached hydrogens (tertiary/aromatic N) is 1. The van der Waals surface area contributed by atoms with Gasteiger partial charge in [0.2, 0.25) is 0 Å². The first-order chi connectivity index (χ1) is 12.4. The largest absolute Gasteiger partial charge is 0.493 e. The van der Waals surface area contributed by atoms with Crippen molar-refractivity contribution in [2.45, 2.75) is 58.4 Å². The van der Waals surface area contributed by atoms with E-state index in [4.69, 9.17) is 17.0 Å². The number of amides is 1. The first-order valence-corrected chi connectivity index (χ1v) is 10.6. The van der Waals surface area contributed by atoms with Crippen LogP contribution in [0.25, 0.3) is 0 Å². The number of hydrogen-bond acceptors (Lipinski definition) is 3. The van der Waals surface area contributed by atoms with Gasteiger partial charge in [-0.2, -0.15) is 0 Å². The molecule has 0 saturated heterocycles. The minimum atomic E-state index is -0.224. The van der Waals surface area contributed by atoms with Crippen molar-refractivity contribution in [3.8, 4) is 5.75 Å². The lowest BCUT2D eigenvalue weighted by Gasteiger charge is -2.33. The monoisotopic (exact) mass is 440 g/mol. The molecule has 0 radical (unpaired) electrons. The molecule has 4 nitrogen and oxygen atoms in total. The number of rotatable bonds is 6. The van der Waals surface area contributed by atoms with Gasteiger partial charge in [0.25, 0.3) is 5.91 Å². The number of halogens is 1. The summed E-state index contributed by atoms with van der Waals surface area (Å²) in [5, 5.41) is 3.36. The molecule has 0 atom stereocenters.